The monoisotopic (exact) mass is 196 g/mol. The van der Waals surface area contributed by atoms with Gasteiger partial charge in [0.2, 0.25) is 11.2 Å². The van der Waals surface area contributed by atoms with Gasteiger partial charge in [-0.2, -0.15) is 0 Å². The number of hydrogen-bond acceptors (Lipinski definition) is 4. The smallest absolute Gasteiger partial charge is 0.227 e. The summed E-state index contributed by atoms with van der Waals surface area (Å²) in [4.78, 5) is 11.3. The van der Waals surface area contributed by atoms with Crippen molar-refractivity contribution >= 4 is 0 Å². The Hall–Kier alpha value is -1.55. The van der Waals surface area contributed by atoms with Gasteiger partial charge in [0.15, 0.2) is 0 Å². The maximum Gasteiger partial charge on any atom is 0.227 e. The van der Waals surface area contributed by atoms with Gasteiger partial charge in [-0.05, 0) is 12.5 Å². The van der Waals surface area contributed by atoms with Crippen molar-refractivity contribution in [3.8, 4) is 5.75 Å². The van der Waals surface area contributed by atoms with E-state index in [1.807, 2.05) is 0 Å². The molecule has 0 aliphatic heterocycles. The summed E-state index contributed by atoms with van der Waals surface area (Å²) in [5.41, 5.74) is 0.511. The summed E-state index contributed by atoms with van der Waals surface area (Å²) in [5, 5.41) is 8.68. The maximum atomic E-state index is 11.3. The first kappa shape index (κ1) is 10.5. The van der Waals surface area contributed by atoms with Gasteiger partial charge in [-0.3, -0.25) is 4.79 Å². The second-order valence-electron chi connectivity index (χ2n) is 2.98. The highest BCUT2D eigenvalue weighted by molar-refractivity contribution is 5.17. The molecule has 76 valence electrons. The Kier molecular flexibility index (Phi) is 3.48. The Morgan fingerprint density at radius 3 is 2.93 bits per heavy atom. The molecular formula is C10H12O4. The van der Waals surface area contributed by atoms with Crippen LogP contribution in [0.5, 0.6) is 5.75 Å². The highest BCUT2D eigenvalue weighted by Crippen LogP contribution is 2.06. The van der Waals surface area contributed by atoms with Crippen LogP contribution in [0.1, 0.15) is 12.7 Å². The summed E-state index contributed by atoms with van der Waals surface area (Å²) in [5.74, 6) is 0.350. The number of rotatable bonds is 4. The largest absolute Gasteiger partial charge is 0.482 e. The van der Waals surface area contributed by atoms with E-state index in [4.69, 9.17) is 14.3 Å². The van der Waals surface area contributed by atoms with Gasteiger partial charge in [-0.15, -0.1) is 0 Å². The van der Waals surface area contributed by atoms with Gasteiger partial charge >= 0.3 is 0 Å². The molecule has 4 nitrogen and oxygen atoms in total. The third-order valence-corrected chi connectivity index (χ3v) is 1.48. The minimum absolute atomic E-state index is 0.130. The van der Waals surface area contributed by atoms with Gasteiger partial charge in [0.1, 0.15) is 25.2 Å². The average Bonchev–Trinajstić information content (AvgIpc) is 2.15. The minimum Gasteiger partial charge on any atom is -0.482 e. The van der Waals surface area contributed by atoms with Crippen LogP contribution in [-0.4, -0.2) is 11.7 Å². The fraction of sp³-hybridized carbons (Fsp3) is 0.300. The van der Waals surface area contributed by atoms with Crippen molar-refractivity contribution in [2.45, 2.75) is 13.5 Å². The molecule has 1 N–H and O–H groups in total. The predicted octanol–water partition coefficient (Wildman–Crippen LogP) is 1.09. The first-order chi connectivity index (χ1) is 6.63. The standard InChI is InChI=1S/C10H12O4/c1-7(2)5-14-10-6-13-8(4-11)3-9(10)12/h3,6,11H,1,4-5H2,2H3. The lowest BCUT2D eigenvalue weighted by atomic mass is 10.3. The number of aliphatic hydroxyl groups is 1. The lowest BCUT2D eigenvalue weighted by Crippen LogP contribution is -2.09. The van der Waals surface area contributed by atoms with Crippen molar-refractivity contribution in [3.63, 3.8) is 0 Å². The van der Waals surface area contributed by atoms with Crippen LogP contribution in [0.25, 0.3) is 0 Å². The highest BCUT2D eigenvalue weighted by atomic mass is 16.5. The summed E-state index contributed by atoms with van der Waals surface area (Å²) < 4.78 is 10.0. The van der Waals surface area contributed by atoms with Crippen molar-refractivity contribution in [2.75, 3.05) is 6.61 Å². The summed E-state index contributed by atoms with van der Waals surface area (Å²) in [6, 6.07) is 1.20. The van der Waals surface area contributed by atoms with Crippen LogP contribution in [0.2, 0.25) is 0 Å². The van der Waals surface area contributed by atoms with Crippen LogP contribution in [0.4, 0.5) is 0 Å². The quantitative estimate of drug-likeness (QED) is 0.732. The molecule has 0 atom stereocenters. The fourth-order valence-corrected chi connectivity index (χ4v) is 0.828. The summed E-state index contributed by atoms with van der Waals surface area (Å²) >= 11 is 0. The molecule has 14 heavy (non-hydrogen) atoms. The summed E-state index contributed by atoms with van der Waals surface area (Å²) in [7, 11) is 0. The lowest BCUT2D eigenvalue weighted by molar-refractivity contribution is 0.239. The average molecular weight is 196 g/mol. The van der Waals surface area contributed by atoms with E-state index in [1.165, 1.54) is 12.3 Å². The number of ether oxygens (including phenoxy) is 1. The first-order valence-corrected chi connectivity index (χ1v) is 4.13. The van der Waals surface area contributed by atoms with Crippen LogP contribution < -0.4 is 10.2 Å². The van der Waals surface area contributed by atoms with Crippen molar-refractivity contribution in [2.24, 2.45) is 0 Å². The van der Waals surface area contributed by atoms with Crippen molar-refractivity contribution in [3.05, 3.63) is 40.5 Å². The molecule has 0 bridgehead atoms. The van der Waals surface area contributed by atoms with E-state index < -0.39 is 0 Å². The Morgan fingerprint density at radius 1 is 1.71 bits per heavy atom. The van der Waals surface area contributed by atoms with E-state index in [-0.39, 0.29) is 30.2 Å². The molecule has 1 rings (SSSR count). The zero-order chi connectivity index (χ0) is 10.6. The highest BCUT2D eigenvalue weighted by Gasteiger charge is 2.03. The van der Waals surface area contributed by atoms with E-state index >= 15 is 0 Å². The minimum atomic E-state index is -0.304. The summed E-state index contributed by atoms with van der Waals surface area (Å²) in [6.45, 7) is 5.42. The maximum absolute atomic E-state index is 11.3. The van der Waals surface area contributed by atoms with E-state index in [0.717, 1.165) is 5.57 Å². The molecule has 0 saturated carbocycles. The SMILES string of the molecule is C=C(C)COc1coc(CO)cc1=O. The Balaban J connectivity index is 2.79. The molecule has 0 unspecified atom stereocenters. The van der Waals surface area contributed by atoms with Crippen molar-refractivity contribution in [1.29, 1.82) is 0 Å². The van der Waals surface area contributed by atoms with Crippen molar-refractivity contribution in [1.82, 2.24) is 0 Å². The molecule has 1 heterocycles. The molecule has 4 heteroatoms. The van der Waals surface area contributed by atoms with Crippen LogP contribution in [0.15, 0.2) is 33.7 Å². The van der Waals surface area contributed by atoms with Gasteiger partial charge in [-0.25, -0.2) is 0 Å². The molecule has 0 amide bonds. The van der Waals surface area contributed by atoms with E-state index in [2.05, 4.69) is 6.58 Å². The van der Waals surface area contributed by atoms with Crippen LogP contribution in [0, 0.1) is 0 Å². The summed E-state index contributed by atoms with van der Waals surface area (Å²) in [6.07, 6.45) is 1.19. The molecule has 0 aliphatic rings. The van der Waals surface area contributed by atoms with Gasteiger partial charge < -0.3 is 14.3 Å². The second-order valence-corrected chi connectivity index (χ2v) is 2.98. The molecule has 0 aromatic carbocycles. The normalized spacial score (nSPS) is 9.86. The Bertz CT molecular complexity index is 378. The van der Waals surface area contributed by atoms with E-state index in [9.17, 15) is 4.79 Å². The molecule has 0 aliphatic carbocycles. The molecule has 0 saturated heterocycles. The zero-order valence-electron chi connectivity index (χ0n) is 7.95. The van der Waals surface area contributed by atoms with Gasteiger partial charge in [0.25, 0.3) is 0 Å². The number of hydrogen-bond donors (Lipinski definition) is 1. The molecule has 0 radical (unpaired) electrons. The van der Waals surface area contributed by atoms with Crippen molar-refractivity contribution < 1.29 is 14.3 Å². The number of aliphatic hydroxyl groups excluding tert-OH is 1. The van der Waals surface area contributed by atoms with E-state index in [0.29, 0.717) is 0 Å². The molecule has 0 spiro atoms. The Morgan fingerprint density at radius 2 is 2.43 bits per heavy atom. The first-order valence-electron chi connectivity index (χ1n) is 4.13. The van der Waals surface area contributed by atoms with Gasteiger partial charge in [0.05, 0.1) is 0 Å². The van der Waals surface area contributed by atoms with Gasteiger partial charge in [-0.1, -0.05) is 6.58 Å². The topological polar surface area (TPSA) is 59.7 Å². The molecular weight excluding hydrogens is 184 g/mol. The predicted molar refractivity (Wildman–Crippen MR) is 51.2 cm³/mol. The van der Waals surface area contributed by atoms with Crippen LogP contribution in [-0.2, 0) is 6.61 Å². The van der Waals surface area contributed by atoms with Crippen LogP contribution in [0.3, 0.4) is 0 Å². The third-order valence-electron chi connectivity index (χ3n) is 1.48. The van der Waals surface area contributed by atoms with Gasteiger partial charge in [0, 0.05) is 6.07 Å². The second kappa shape index (κ2) is 4.62. The van der Waals surface area contributed by atoms with E-state index in [1.54, 1.807) is 6.92 Å². The third kappa shape index (κ3) is 2.74. The fourth-order valence-electron chi connectivity index (χ4n) is 0.828. The lowest BCUT2D eigenvalue weighted by Gasteiger charge is -2.03. The molecule has 1 aromatic rings. The zero-order valence-corrected chi connectivity index (χ0v) is 7.95. The Labute approximate surface area is 81.4 Å². The molecule has 1 aromatic heterocycles. The van der Waals surface area contributed by atoms with Crippen LogP contribution >= 0.6 is 0 Å². The molecule has 0 fully saturated rings.